The van der Waals surface area contributed by atoms with E-state index in [9.17, 15) is 0 Å². The van der Waals surface area contributed by atoms with E-state index in [1.165, 1.54) is 11.4 Å². The maximum absolute atomic E-state index is 8.85. The number of hydrogen-bond donors (Lipinski definition) is 0. The van der Waals surface area contributed by atoms with Crippen LogP contribution in [0.15, 0.2) is 36.2 Å². The molecule has 0 saturated carbocycles. The molecule has 1 heterocycles. The Balaban J connectivity index is 0.00000144. The lowest BCUT2D eigenvalue weighted by molar-refractivity contribution is 0.900. The Morgan fingerprint density at radius 2 is 1.59 bits per heavy atom. The summed E-state index contributed by atoms with van der Waals surface area (Å²) in [5, 5.41) is 8.85. The van der Waals surface area contributed by atoms with Crippen molar-refractivity contribution in [1.29, 1.82) is 5.26 Å². The molecule has 1 aromatic carbocycles. The van der Waals surface area contributed by atoms with Gasteiger partial charge in [-0.05, 0) is 26.0 Å². The highest BCUT2D eigenvalue weighted by Gasteiger charge is 2.28. The SMILES string of the molecule is Br.CCN1C(=CC#N)N(CC)c2ccccc21. The molecule has 1 aromatic rings. The number of hydrogen-bond acceptors (Lipinski definition) is 3. The Bertz CT molecular complexity index is 429. The molecule has 4 heteroatoms. The Hall–Kier alpha value is -1.47. The Morgan fingerprint density at radius 3 is 1.94 bits per heavy atom. The summed E-state index contributed by atoms with van der Waals surface area (Å²) in [6.45, 7) is 5.95. The maximum atomic E-state index is 8.85. The lowest BCUT2D eigenvalue weighted by Crippen LogP contribution is -2.27. The predicted molar refractivity (Wildman–Crippen MR) is 76.5 cm³/mol. The number of para-hydroxylation sites is 2. The predicted octanol–water partition coefficient (Wildman–Crippen LogP) is 3.30. The number of benzene rings is 1. The zero-order valence-corrected chi connectivity index (χ0v) is 11.8. The molecule has 0 fully saturated rings. The van der Waals surface area contributed by atoms with Crippen LogP contribution in [0.3, 0.4) is 0 Å². The monoisotopic (exact) mass is 293 g/mol. The topological polar surface area (TPSA) is 30.3 Å². The van der Waals surface area contributed by atoms with Gasteiger partial charge in [0.1, 0.15) is 5.82 Å². The van der Waals surface area contributed by atoms with Crippen molar-refractivity contribution < 1.29 is 0 Å². The van der Waals surface area contributed by atoms with E-state index in [-0.39, 0.29) is 17.0 Å². The quantitative estimate of drug-likeness (QED) is 0.784. The summed E-state index contributed by atoms with van der Waals surface area (Å²) < 4.78 is 0. The van der Waals surface area contributed by atoms with Gasteiger partial charge in [0.25, 0.3) is 0 Å². The van der Waals surface area contributed by atoms with Gasteiger partial charge < -0.3 is 9.80 Å². The van der Waals surface area contributed by atoms with Gasteiger partial charge in [-0.3, -0.25) is 0 Å². The molecule has 1 aliphatic heterocycles. The van der Waals surface area contributed by atoms with E-state index in [1.807, 2.05) is 12.1 Å². The van der Waals surface area contributed by atoms with Crippen LogP contribution < -0.4 is 9.80 Å². The standard InChI is InChI=1S/C13H15N3.BrH/c1-3-15-11-7-5-6-8-12(11)16(4-2)13(15)9-10-14;/h5-9H,3-4H2,1-2H3;1H. The largest absolute Gasteiger partial charge is 0.326 e. The first kappa shape index (κ1) is 13.6. The second-order valence-corrected chi connectivity index (χ2v) is 3.61. The summed E-state index contributed by atoms with van der Waals surface area (Å²) in [5.74, 6) is 0.980. The molecule has 0 amide bonds. The van der Waals surface area contributed by atoms with Gasteiger partial charge in [-0.1, -0.05) is 12.1 Å². The Labute approximate surface area is 113 Å². The van der Waals surface area contributed by atoms with Crippen molar-refractivity contribution in [1.82, 2.24) is 0 Å². The van der Waals surface area contributed by atoms with Crippen LogP contribution >= 0.6 is 17.0 Å². The minimum atomic E-state index is 0. The molecule has 3 nitrogen and oxygen atoms in total. The van der Waals surface area contributed by atoms with E-state index in [1.54, 1.807) is 6.08 Å². The molecule has 17 heavy (non-hydrogen) atoms. The van der Waals surface area contributed by atoms with Crippen LogP contribution in [0.5, 0.6) is 0 Å². The van der Waals surface area contributed by atoms with Crippen molar-refractivity contribution in [3.63, 3.8) is 0 Å². The first-order valence-electron chi connectivity index (χ1n) is 5.57. The number of halogens is 1. The molecule has 0 bridgehead atoms. The fraction of sp³-hybridized carbons (Fsp3) is 0.308. The highest BCUT2D eigenvalue weighted by Crippen LogP contribution is 2.40. The van der Waals surface area contributed by atoms with Crippen molar-refractivity contribution in [2.75, 3.05) is 22.9 Å². The van der Waals surface area contributed by atoms with Crippen LogP contribution in [0.25, 0.3) is 0 Å². The first-order chi connectivity index (χ1) is 7.83. The van der Waals surface area contributed by atoms with E-state index < -0.39 is 0 Å². The lowest BCUT2D eigenvalue weighted by Gasteiger charge is -2.22. The van der Waals surface area contributed by atoms with Gasteiger partial charge in [0, 0.05) is 13.1 Å². The van der Waals surface area contributed by atoms with Gasteiger partial charge >= 0.3 is 0 Å². The number of rotatable bonds is 2. The highest BCUT2D eigenvalue weighted by atomic mass is 79.9. The molecule has 0 spiro atoms. The number of allylic oxidation sites excluding steroid dienone is 1. The summed E-state index contributed by atoms with van der Waals surface area (Å²) >= 11 is 0. The molecular formula is C13H16BrN3. The minimum Gasteiger partial charge on any atom is -0.326 e. The average molecular weight is 294 g/mol. The van der Waals surface area contributed by atoms with Crippen molar-refractivity contribution in [2.45, 2.75) is 13.8 Å². The summed E-state index contributed by atoms with van der Waals surface area (Å²) in [7, 11) is 0. The van der Waals surface area contributed by atoms with Crippen LogP contribution in [0, 0.1) is 11.3 Å². The molecule has 0 radical (unpaired) electrons. The van der Waals surface area contributed by atoms with E-state index in [0.29, 0.717) is 0 Å². The third kappa shape index (κ3) is 2.16. The molecule has 0 atom stereocenters. The van der Waals surface area contributed by atoms with E-state index >= 15 is 0 Å². The number of nitrogens with zero attached hydrogens (tertiary/aromatic N) is 3. The second-order valence-electron chi connectivity index (χ2n) is 3.61. The fourth-order valence-corrected chi connectivity index (χ4v) is 2.19. The lowest BCUT2D eigenvalue weighted by atomic mass is 10.2. The van der Waals surface area contributed by atoms with Gasteiger partial charge in [-0.15, -0.1) is 17.0 Å². The first-order valence-corrected chi connectivity index (χ1v) is 5.57. The van der Waals surface area contributed by atoms with E-state index in [2.05, 4.69) is 41.8 Å². The van der Waals surface area contributed by atoms with Crippen molar-refractivity contribution >= 4 is 28.4 Å². The molecule has 0 aliphatic carbocycles. The zero-order chi connectivity index (χ0) is 11.5. The fourth-order valence-electron chi connectivity index (χ4n) is 2.19. The molecule has 1 aliphatic rings. The van der Waals surface area contributed by atoms with Crippen molar-refractivity contribution in [2.24, 2.45) is 0 Å². The van der Waals surface area contributed by atoms with Gasteiger partial charge in [0.2, 0.25) is 0 Å². The van der Waals surface area contributed by atoms with Crippen LogP contribution in [-0.2, 0) is 0 Å². The van der Waals surface area contributed by atoms with Crippen LogP contribution in [0.1, 0.15) is 13.8 Å². The minimum absolute atomic E-state index is 0. The normalized spacial score (nSPS) is 12.9. The molecule has 0 saturated heterocycles. The third-order valence-electron chi connectivity index (χ3n) is 2.84. The van der Waals surface area contributed by atoms with Gasteiger partial charge in [-0.25, -0.2) is 0 Å². The molecule has 0 N–H and O–H groups in total. The Morgan fingerprint density at radius 1 is 1.12 bits per heavy atom. The average Bonchev–Trinajstić information content (AvgIpc) is 2.62. The van der Waals surface area contributed by atoms with Gasteiger partial charge in [-0.2, -0.15) is 5.26 Å². The highest BCUT2D eigenvalue weighted by molar-refractivity contribution is 8.93. The smallest absolute Gasteiger partial charge is 0.124 e. The van der Waals surface area contributed by atoms with Crippen LogP contribution in [0.2, 0.25) is 0 Å². The van der Waals surface area contributed by atoms with Gasteiger partial charge in [0.05, 0.1) is 23.5 Å². The summed E-state index contributed by atoms with van der Waals surface area (Å²) in [6, 6.07) is 10.4. The Kier molecular flexibility index (Phi) is 4.59. The molecule has 2 rings (SSSR count). The van der Waals surface area contributed by atoms with E-state index in [0.717, 1.165) is 18.9 Å². The van der Waals surface area contributed by atoms with Gasteiger partial charge in [0.15, 0.2) is 0 Å². The third-order valence-corrected chi connectivity index (χ3v) is 2.84. The molecule has 90 valence electrons. The molecular weight excluding hydrogens is 278 g/mol. The zero-order valence-electron chi connectivity index (χ0n) is 10.1. The van der Waals surface area contributed by atoms with Crippen molar-refractivity contribution in [3.05, 3.63) is 36.2 Å². The summed E-state index contributed by atoms with van der Waals surface area (Å²) in [6.07, 6.45) is 1.62. The van der Waals surface area contributed by atoms with Crippen LogP contribution in [0.4, 0.5) is 11.4 Å². The number of fused-ring (bicyclic) bond motifs is 1. The summed E-state index contributed by atoms with van der Waals surface area (Å²) in [4.78, 5) is 4.34. The second kappa shape index (κ2) is 5.74. The maximum Gasteiger partial charge on any atom is 0.124 e. The van der Waals surface area contributed by atoms with Crippen molar-refractivity contribution in [3.8, 4) is 6.07 Å². The van der Waals surface area contributed by atoms with E-state index in [4.69, 9.17) is 5.26 Å². The van der Waals surface area contributed by atoms with Crippen LogP contribution in [-0.4, -0.2) is 13.1 Å². The summed E-state index contributed by atoms with van der Waals surface area (Å²) in [5.41, 5.74) is 2.38. The number of nitriles is 1. The molecule has 0 unspecified atom stereocenters. The number of anilines is 2. The molecule has 0 aromatic heterocycles.